The van der Waals surface area contributed by atoms with E-state index in [-0.39, 0.29) is 45.8 Å². The van der Waals surface area contributed by atoms with Crippen molar-refractivity contribution < 1.29 is 32.3 Å². The Morgan fingerprint density at radius 3 is 2.35 bits per heavy atom. The Bertz CT molecular complexity index is 1400. The largest absolute Gasteiger partial charge is 0.494 e. The number of nitrogens with one attached hydrogen (secondary N) is 1. The summed E-state index contributed by atoms with van der Waals surface area (Å²) < 4.78 is 50.7. The van der Waals surface area contributed by atoms with Gasteiger partial charge in [0, 0.05) is 37.2 Å². The first-order valence-corrected chi connectivity index (χ1v) is 15.5. The molecule has 0 atom stereocenters. The lowest BCUT2D eigenvalue weighted by Gasteiger charge is -2.39. The van der Waals surface area contributed by atoms with E-state index in [2.05, 4.69) is 0 Å². The van der Waals surface area contributed by atoms with Crippen LogP contribution in [-0.2, 0) is 25.8 Å². The van der Waals surface area contributed by atoms with Gasteiger partial charge in [-0.3, -0.25) is 10.0 Å². The average Bonchev–Trinajstić information content (AvgIpc) is 3.42. The maximum Gasteiger partial charge on any atom is 0.265 e. The van der Waals surface area contributed by atoms with Crippen LogP contribution < -0.4 is 10.2 Å². The van der Waals surface area contributed by atoms with Crippen molar-refractivity contribution in [1.29, 1.82) is 0 Å². The number of likely N-dealkylation sites (tertiary alicyclic amines) is 1. The highest BCUT2D eigenvalue weighted by molar-refractivity contribution is 7.93. The van der Waals surface area contributed by atoms with Gasteiger partial charge in [-0.25, -0.2) is 18.3 Å². The number of thiophene rings is 1. The lowest BCUT2D eigenvalue weighted by atomic mass is 9.95. The molecule has 43 heavy (non-hydrogen) atoms. The van der Waals surface area contributed by atoms with Crippen LogP contribution in [0.3, 0.4) is 0 Å². The molecular formula is C32H47FN2O6S2. The molecule has 2 N–H and O–H groups in total. The molecule has 0 bridgehead atoms. The van der Waals surface area contributed by atoms with Gasteiger partial charge >= 0.3 is 0 Å². The summed E-state index contributed by atoms with van der Waals surface area (Å²) in [7, 11) is -2.50. The molecule has 0 radical (unpaired) electrons. The molecule has 0 unspecified atom stereocenters. The van der Waals surface area contributed by atoms with Crippen molar-refractivity contribution in [2.45, 2.75) is 64.5 Å². The summed E-state index contributed by atoms with van der Waals surface area (Å²) in [6.07, 6.45) is 1.62. The number of carbonyl (C=O) groups excluding carboxylic acids is 1. The molecule has 1 amide bonds. The molecule has 1 fully saturated rings. The molecule has 0 saturated carbocycles. The van der Waals surface area contributed by atoms with Gasteiger partial charge in [-0.05, 0) is 85.5 Å². The first kappa shape index (κ1) is 38.2. The molecule has 0 aliphatic carbocycles. The maximum atomic E-state index is 14.3. The lowest BCUT2D eigenvalue weighted by molar-refractivity contribution is -0.133. The van der Waals surface area contributed by atoms with Gasteiger partial charge in [0.25, 0.3) is 5.91 Å². The van der Waals surface area contributed by atoms with E-state index in [1.54, 1.807) is 42.1 Å². The number of carbonyl (C=O) groups is 1. The molecule has 1 saturated heterocycles. The van der Waals surface area contributed by atoms with Crippen LogP contribution in [0.5, 0.6) is 5.75 Å². The molecule has 240 valence electrons. The number of halogens is 1. The Morgan fingerprint density at radius 1 is 1.07 bits per heavy atom. The number of methoxy groups -OCH3 is 1. The van der Waals surface area contributed by atoms with E-state index in [9.17, 15) is 22.8 Å². The topological polar surface area (TPSA) is 105 Å². The molecule has 2 heterocycles. The maximum absolute atomic E-state index is 14.3. The summed E-state index contributed by atoms with van der Waals surface area (Å²) >= 11 is 1.58. The second-order valence-electron chi connectivity index (χ2n) is 9.98. The quantitative estimate of drug-likeness (QED) is 0.132. The summed E-state index contributed by atoms with van der Waals surface area (Å²) in [6.45, 7) is 4.21. The molecule has 11 heteroatoms. The van der Waals surface area contributed by atoms with E-state index >= 15 is 0 Å². The predicted molar refractivity (Wildman–Crippen MR) is 172 cm³/mol. The van der Waals surface area contributed by atoms with Gasteiger partial charge in [-0.2, -0.15) is 0 Å². The summed E-state index contributed by atoms with van der Waals surface area (Å²) in [5.74, 6) is -0.628. The third-order valence-electron chi connectivity index (χ3n) is 7.36. The van der Waals surface area contributed by atoms with Crippen LogP contribution in [0.4, 0.5) is 4.39 Å². The van der Waals surface area contributed by atoms with Crippen molar-refractivity contribution in [2.75, 3.05) is 40.0 Å². The number of hydrogen-bond acceptors (Lipinski definition) is 8. The van der Waals surface area contributed by atoms with Crippen molar-refractivity contribution in [3.63, 3.8) is 0 Å². The predicted octanol–water partition coefficient (Wildman–Crippen LogP) is 6.54. The highest BCUT2D eigenvalue weighted by Gasteiger charge is 2.52. The van der Waals surface area contributed by atoms with Gasteiger partial charge in [-0.15, -0.1) is 11.3 Å². The number of rotatable bonds is 12. The minimum Gasteiger partial charge on any atom is -0.494 e. The second kappa shape index (κ2) is 16.9. The fourth-order valence-electron chi connectivity index (χ4n) is 4.96. The number of sulfone groups is 1. The summed E-state index contributed by atoms with van der Waals surface area (Å²) in [4.78, 5) is 15.8. The highest BCUT2D eigenvalue weighted by atomic mass is 32.2. The minimum absolute atomic E-state index is 0. The van der Waals surface area contributed by atoms with Crippen LogP contribution in [-0.4, -0.2) is 69.1 Å². The van der Waals surface area contributed by atoms with Crippen molar-refractivity contribution in [3.05, 3.63) is 70.2 Å². The number of piperidine rings is 1. The van der Waals surface area contributed by atoms with E-state index < -0.39 is 20.5 Å². The average molecular weight is 639 g/mol. The monoisotopic (exact) mass is 638 g/mol. The molecule has 1 aliphatic rings. The third kappa shape index (κ3) is 8.63. The fourth-order valence-corrected chi connectivity index (χ4v) is 7.85. The van der Waals surface area contributed by atoms with Crippen molar-refractivity contribution in [3.8, 4) is 16.9 Å². The number of hydroxylamine groups is 1. The van der Waals surface area contributed by atoms with E-state index in [1.807, 2.05) is 29.3 Å². The Hall–Kier alpha value is -2.83. The Kier molecular flexibility index (Phi) is 15.0. The van der Waals surface area contributed by atoms with Crippen LogP contribution in [0.1, 0.15) is 52.0 Å². The van der Waals surface area contributed by atoms with Crippen molar-refractivity contribution in [2.24, 2.45) is 0 Å². The highest BCUT2D eigenvalue weighted by Crippen LogP contribution is 2.36. The normalized spacial score (nSPS) is 14.5. The zero-order valence-electron chi connectivity index (χ0n) is 22.7. The zero-order valence-corrected chi connectivity index (χ0v) is 24.3. The van der Waals surface area contributed by atoms with Gasteiger partial charge in [0.2, 0.25) is 0 Å². The summed E-state index contributed by atoms with van der Waals surface area (Å²) in [5.41, 5.74) is 3.92. The molecule has 2 aromatic carbocycles. The van der Waals surface area contributed by atoms with E-state index in [0.717, 1.165) is 28.8 Å². The van der Waals surface area contributed by atoms with Crippen molar-refractivity contribution >= 4 is 27.1 Å². The van der Waals surface area contributed by atoms with E-state index in [4.69, 9.17) is 9.47 Å². The SMILES string of the molecule is C.C.C.COCCN1CCC(C(=O)NO)(S(=O)(=O)c2ccc(OCCCc3cc(-c4ccc(C)cc4F)cs3)cc2)CC1. The van der Waals surface area contributed by atoms with Crippen LogP contribution in [0.15, 0.2) is 58.8 Å². The molecule has 8 nitrogen and oxygen atoms in total. The minimum atomic E-state index is -4.09. The first-order valence-electron chi connectivity index (χ1n) is 13.2. The van der Waals surface area contributed by atoms with Crippen molar-refractivity contribution in [1.82, 2.24) is 10.4 Å². The summed E-state index contributed by atoms with van der Waals surface area (Å²) in [5, 5.41) is 11.3. The standard InChI is InChI=1S/C29H35FN2O6S2.3CH4/c1-21-5-10-26(27(30)18-21)22-19-24(39-20-22)4-3-16-38-23-6-8-25(9-7-23)40(35,36)29(28(33)31-34)11-13-32(14-12-29)15-17-37-2;;;/h5-10,18-20,34H,3-4,11-17H2,1-2H3,(H,31,33);3*1H4. The third-order valence-corrected chi connectivity index (χ3v) is 10.9. The lowest BCUT2D eigenvalue weighted by Crippen LogP contribution is -2.57. The fraction of sp³-hybridized carbons (Fsp3) is 0.469. The Labute approximate surface area is 260 Å². The Balaban J connectivity index is 0.00000308. The number of amides is 1. The zero-order chi connectivity index (χ0) is 28.8. The number of hydrogen-bond donors (Lipinski definition) is 2. The number of aryl methyl sites for hydroxylation is 2. The molecule has 4 rings (SSSR count). The van der Waals surface area contributed by atoms with Gasteiger partial charge in [-0.1, -0.05) is 34.4 Å². The number of benzene rings is 2. The second-order valence-corrected chi connectivity index (χ2v) is 13.2. The Morgan fingerprint density at radius 2 is 1.74 bits per heavy atom. The van der Waals surface area contributed by atoms with Gasteiger partial charge < -0.3 is 14.4 Å². The van der Waals surface area contributed by atoms with Gasteiger partial charge in [0.15, 0.2) is 14.6 Å². The molecular weight excluding hydrogens is 591 g/mol. The summed E-state index contributed by atoms with van der Waals surface area (Å²) in [6, 6.07) is 13.3. The van der Waals surface area contributed by atoms with Crippen LogP contribution >= 0.6 is 11.3 Å². The molecule has 3 aromatic rings. The van der Waals surface area contributed by atoms with Crippen LogP contribution in [0, 0.1) is 12.7 Å². The smallest absolute Gasteiger partial charge is 0.265 e. The molecule has 1 aromatic heterocycles. The molecule has 0 spiro atoms. The first-order chi connectivity index (χ1) is 19.2. The van der Waals surface area contributed by atoms with Crippen LogP contribution in [0.25, 0.3) is 11.1 Å². The van der Waals surface area contributed by atoms with E-state index in [0.29, 0.717) is 44.2 Å². The van der Waals surface area contributed by atoms with E-state index in [1.165, 1.54) is 18.2 Å². The van der Waals surface area contributed by atoms with Crippen LogP contribution in [0.2, 0.25) is 0 Å². The number of nitrogens with zero attached hydrogens (tertiary/aromatic N) is 1. The number of ether oxygens (including phenoxy) is 2. The van der Waals surface area contributed by atoms with Gasteiger partial charge in [0.1, 0.15) is 11.6 Å². The molecule has 1 aliphatic heterocycles. The van der Waals surface area contributed by atoms with Gasteiger partial charge in [0.05, 0.1) is 18.1 Å².